The van der Waals surface area contributed by atoms with Gasteiger partial charge in [-0.15, -0.1) is 11.6 Å². The number of fused-ring (bicyclic) bond motifs is 1. The molecule has 3 unspecified atom stereocenters. The summed E-state index contributed by atoms with van der Waals surface area (Å²) in [5.74, 6) is 0.934. The number of aryl methyl sites for hydroxylation is 2. The van der Waals surface area contributed by atoms with Gasteiger partial charge in [-0.2, -0.15) is 5.10 Å². The van der Waals surface area contributed by atoms with Crippen LogP contribution in [-0.4, -0.2) is 32.5 Å². The van der Waals surface area contributed by atoms with E-state index in [9.17, 15) is 0 Å². The van der Waals surface area contributed by atoms with Gasteiger partial charge in [-0.25, -0.2) is 4.98 Å². The van der Waals surface area contributed by atoms with Crippen molar-refractivity contribution in [2.75, 3.05) is 7.11 Å². The molecule has 1 saturated carbocycles. The van der Waals surface area contributed by atoms with E-state index in [1.807, 2.05) is 18.7 Å². The van der Waals surface area contributed by atoms with Crippen molar-refractivity contribution in [1.82, 2.24) is 19.3 Å². The maximum absolute atomic E-state index is 6.40. The first-order valence-corrected chi connectivity index (χ1v) is 8.12. The van der Waals surface area contributed by atoms with Gasteiger partial charge in [0.1, 0.15) is 11.3 Å². The molecule has 6 heteroatoms. The minimum Gasteiger partial charge on any atom is -0.379 e. The van der Waals surface area contributed by atoms with E-state index in [2.05, 4.69) is 16.6 Å². The van der Waals surface area contributed by atoms with Crippen LogP contribution < -0.4 is 0 Å². The predicted molar refractivity (Wildman–Crippen MR) is 83.8 cm³/mol. The van der Waals surface area contributed by atoms with Gasteiger partial charge in [-0.3, -0.25) is 4.68 Å². The first-order chi connectivity index (χ1) is 10.1. The Balaban J connectivity index is 2.23. The molecule has 1 fully saturated rings. The number of hydrogen-bond donors (Lipinski definition) is 0. The van der Waals surface area contributed by atoms with E-state index in [0.717, 1.165) is 41.9 Å². The monoisotopic (exact) mass is 310 g/mol. The van der Waals surface area contributed by atoms with Gasteiger partial charge < -0.3 is 9.30 Å². The van der Waals surface area contributed by atoms with Gasteiger partial charge in [0.05, 0.1) is 23.2 Å². The van der Waals surface area contributed by atoms with Crippen molar-refractivity contribution < 1.29 is 4.74 Å². The van der Waals surface area contributed by atoms with Crippen molar-refractivity contribution in [3.8, 4) is 0 Å². The predicted octanol–water partition coefficient (Wildman–Crippen LogP) is 3.37. The summed E-state index contributed by atoms with van der Waals surface area (Å²) >= 11 is 6.40. The second-order valence-corrected chi connectivity index (χ2v) is 6.48. The third-order valence-corrected chi connectivity index (χ3v) is 4.70. The summed E-state index contributed by atoms with van der Waals surface area (Å²) in [5, 5.41) is 4.48. The smallest absolute Gasteiger partial charge is 0.159 e. The highest BCUT2D eigenvalue weighted by atomic mass is 35.5. The first kappa shape index (κ1) is 14.9. The molecule has 116 valence electrons. The molecule has 0 aromatic carbocycles. The summed E-state index contributed by atoms with van der Waals surface area (Å²) in [6, 6.07) is 0.302. The van der Waals surface area contributed by atoms with Crippen LogP contribution in [0.5, 0.6) is 0 Å². The lowest BCUT2D eigenvalue weighted by atomic mass is 10.2. The summed E-state index contributed by atoms with van der Waals surface area (Å²) < 4.78 is 9.90. The third kappa shape index (κ3) is 2.27. The van der Waals surface area contributed by atoms with Crippen molar-refractivity contribution >= 4 is 22.8 Å². The molecule has 5 nitrogen and oxygen atoms in total. The molecular formula is C15H23ClN4O. The van der Waals surface area contributed by atoms with Crippen LogP contribution in [0.3, 0.4) is 0 Å². The van der Waals surface area contributed by atoms with E-state index >= 15 is 0 Å². The molecule has 0 radical (unpaired) electrons. The van der Waals surface area contributed by atoms with E-state index in [0.29, 0.717) is 6.04 Å². The second kappa shape index (κ2) is 5.61. The number of alkyl halides is 1. The van der Waals surface area contributed by atoms with Crippen molar-refractivity contribution in [3.63, 3.8) is 0 Å². The summed E-state index contributed by atoms with van der Waals surface area (Å²) in [6.07, 6.45) is 4.49. The van der Waals surface area contributed by atoms with Crippen LogP contribution >= 0.6 is 11.6 Å². The number of hydrogen-bond acceptors (Lipinski definition) is 3. The van der Waals surface area contributed by atoms with Gasteiger partial charge in [-0.05, 0) is 32.6 Å². The Morgan fingerprint density at radius 3 is 2.81 bits per heavy atom. The van der Waals surface area contributed by atoms with Crippen LogP contribution in [0, 0.1) is 0 Å². The molecule has 2 heterocycles. The Bertz CT molecular complexity index is 646. The number of aromatic nitrogens is 4. The van der Waals surface area contributed by atoms with E-state index in [1.54, 1.807) is 7.11 Å². The molecular weight excluding hydrogens is 288 g/mol. The minimum absolute atomic E-state index is 0.125. The largest absolute Gasteiger partial charge is 0.379 e. The first-order valence-electron chi connectivity index (χ1n) is 7.69. The van der Waals surface area contributed by atoms with Crippen LogP contribution in [-0.2, 0) is 18.2 Å². The Labute approximate surface area is 130 Å². The van der Waals surface area contributed by atoms with E-state index in [1.165, 1.54) is 6.42 Å². The minimum atomic E-state index is -0.125. The van der Waals surface area contributed by atoms with E-state index in [4.69, 9.17) is 21.3 Å². The molecule has 1 aliphatic carbocycles. The summed E-state index contributed by atoms with van der Waals surface area (Å²) in [5.41, 5.74) is 3.10. The van der Waals surface area contributed by atoms with E-state index in [-0.39, 0.29) is 11.5 Å². The van der Waals surface area contributed by atoms with Crippen LogP contribution in [0.4, 0.5) is 0 Å². The normalized spacial score (nSPS) is 24.0. The molecule has 2 aromatic heterocycles. The summed E-state index contributed by atoms with van der Waals surface area (Å²) in [7, 11) is 3.78. The maximum atomic E-state index is 6.40. The highest BCUT2D eigenvalue weighted by Gasteiger charge is 2.34. The van der Waals surface area contributed by atoms with Gasteiger partial charge in [0.2, 0.25) is 0 Å². The number of imidazole rings is 1. The van der Waals surface area contributed by atoms with Gasteiger partial charge in [0.15, 0.2) is 5.65 Å². The zero-order chi connectivity index (χ0) is 15.1. The number of methoxy groups -OCH3 is 1. The molecule has 2 aromatic rings. The fourth-order valence-corrected chi connectivity index (χ4v) is 3.70. The lowest BCUT2D eigenvalue weighted by Gasteiger charge is -2.23. The quantitative estimate of drug-likeness (QED) is 0.813. The van der Waals surface area contributed by atoms with Crippen molar-refractivity contribution in [2.24, 2.45) is 7.05 Å². The molecule has 0 aliphatic heterocycles. The molecule has 0 spiro atoms. The second-order valence-electron chi connectivity index (χ2n) is 5.82. The zero-order valence-electron chi connectivity index (χ0n) is 13.1. The van der Waals surface area contributed by atoms with Crippen molar-refractivity contribution in [2.45, 2.75) is 57.1 Å². The molecule has 3 rings (SSSR count). The van der Waals surface area contributed by atoms with Gasteiger partial charge in [0, 0.05) is 14.2 Å². The van der Waals surface area contributed by atoms with Crippen LogP contribution in [0.25, 0.3) is 11.2 Å². The molecule has 0 amide bonds. The number of halogens is 1. The standard InChI is InChI=1S/C15H23ClN4O/c1-5-10-13-15(19(3)18-10)20(14(17-13)9(2)16)11-7-6-8-12(11)21-4/h9,11-12H,5-8H2,1-4H3. The van der Waals surface area contributed by atoms with Crippen LogP contribution in [0.1, 0.15) is 56.0 Å². The lowest BCUT2D eigenvalue weighted by Crippen LogP contribution is -2.23. The molecule has 1 aliphatic rings. The van der Waals surface area contributed by atoms with Crippen molar-refractivity contribution in [1.29, 1.82) is 0 Å². The summed E-state index contributed by atoms with van der Waals surface area (Å²) in [4.78, 5) is 4.81. The van der Waals surface area contributed by atoms with E-state index < -0.39 is 0 Å². The highest BCUT2D eigenvalue weighted by molar-refractivity contribution is 6.20. The van der Waals surface area contributed by atoms with Gasteiger partial charge in [0.25, 0.3) is 0 Å². The number of nitrogens with zero attached hydrogens (tertiary/aromatic N) is 4. The molecule has 0 bridgehead atoms. The van der Waals surface area contributed by atoms with Crippen LogP contribution in [0.15, 0.2) is 0 Å². The Morgan fingerprint density at radius 2 is 2.19 bits per heavy atom. The molecule has 0 N–H and O–H groups in total. The molecule has 21 heavy (non-hydrogen) atoms. The topological polar surface area (TPSA) is 44.9 Å². The van der Waals surface area contributed by atoms with Gasteiger partial charge in [-0.1, -0.05) is 6.92 Å². The highest BCUT2D eigenvalue weighted by Crippen LogP contribution is 2.38. The third-order valence-electron chi connectivity index (χ3n) is 4.51. The van der Waals surface area contributed by atoms with Crippen LogP contribution in [0.2, 0.25) is 0 Å². The zero-order valence-corrected chi connectivity index (χ0v) is 13.9. The molecule has 0 saturated heterocycles. The maximum Gasteiger partial charge on any atom is 0.159 e. The fourth-order valence-electron chi connectivity index (χ4n) is 3.54. The SMILES string of the molecule is CCc1nn(C)c2c1nc(C(C)Cl)n2C1CCCC1OC. The average Bonchev–Trinajstić information content (AvgIpc) is 3.12. The molecule has 3 atom stereocenters. The summed E-state index contributed by atoms with van der Waals surface area (Å²) in [6.45, 7) is 4.09. The Hall–Kier alpha value is -1.07. The Morgan fingerprint density at radius 1 is 1.43 bits per heavy atom. The number of ether oxygens (including phenoxy) is 1. The van der Waals surface area contributed by atoms with Gasteiger partial charge >= 0.3 is 0 Å². The lowest BCUT2D eigenvalue weighted by molar-refractivity contribution is 0.0749. The van der Waals surface area contributed by atoms with Crippen molar-refractivity contribution in [3.05, 3.63) is 11.5 Å². The average molecular weight is 311 g/mol. The fraction of sp³-hybridized carbons (Fsp3) is 0.733. The Kier molecular flexibility index (Phi) is 3.97. The number of rotatable bonds is 4.